The monoisotopic (exact) mass is 301 g/mol. The molecular weight excluding hydrogens is 278 g/mol. The topological polar surface area (TPSA) is 62.5 Å². The van der Waals surface area contributed by atoms with Crippen LogP contribution in [0.15, 0.2) is 47.1 Å². The second-order valence-corrected chi connectivity index (χ2v) is 5.71. The Morgan fingerprint density at radius 1 is 1.23 bits per heavy atom. The molecule has 4 nitrogen and oxygen atoms in total. The number of carbonyl (C=O) groups excluding carboxylic acids is 1. The number of benzene rings is 1. The summed E-state index contributed by atoms with van der Waals surface area (Å²) >= 11 is 0. The van der Waals surface area contributed by atoms with Gasteiger partial charge in [-0.1, -0.05) is 38.1 Å². The maximum absolute atomic E-state index is 12.0. The predicted octanol–water partition coefficient (Wildman–Crippen LogP) is 3.19. The summed E-state index contributed by atoms with van der Waals surface area (Å²) in [5, 5.41) is 12.1. The quantitative estimate of drug-likeness (QED) is 0.825. The highest BCUT2D eigenvalue weighted by Crippen LogP contribution is 2.16. The van der Waals surface area contributed by atoms with Crippen molar-refractivity contribution in [1.29, 1.82) is 0 Å². The number of furan rings is 1. The van der Waals surface area contributed by atoms with Crippen molar-refractivity contribution in [3.8, 4) is 0 Å². The van der Waals surface area contributed by atoms with Crippen molar-refractivity contribution in [2.45, 2.75) is 38.6 Å². The summed E-state index contributed by atoms with van der Waals surface area (Å²) in [4.78, 5) is 12.0. The number of rotatable bonds is 7. The van der Waals surface area contributed by atoms with E-state index in [1.165, 1.54) is 11.8 Å². The molecule has 22 heavy (non-hydrogen) atoms. The fourth-order valence-corrected chi connectivity index (χ4v) is 2.29. The second-order valence-electron chi connectivity index (χ2n) is 5.71. The molecule has 0 aliphatic rings. The van der Waals surface area contributed by atoms with Crippen molar-refractivity contribution in [1.82, 2.24) is 5.32 Å². The van der Waals surface area contributed by atoms with Gasteiger partial charge in [-0.05, 0) is 35.6 Å². The molecule has 0 aliphatic carbocycles. The van der Waals surface area contributed by atoms with Gasteiger partial charge in [-0.25, -0.2) is 0 Å². The number of amides is 1. The van der Waals surface area contributed by atoms with Gasteiger partial charge in [0.05, 0.1) is 12.9 Å². The first-order valence-electron chi connectivity index (χ1n) is 7.62. The Morgan fingerprint density at radius 3 is 2.50 bits per heavy atom. The highest BCUT2D eigenvalue weighted by atomic mass is 16.3. The standard InChI is InChI=1S/C18H23NO3/c1-13(2)15-8-5-14(6-9-15)7-10-18(21)19-16(12-20)17-4-3-11-22-17/h3-6,8-9,11,13,16,20H,7,10,12H2,1-2H3,(H,19,21). The average molecular weight is 301 g/mol. The minimum absolute atomic E-state index is 0.0941. The van der Waals surface area contributed by atoms with E-state index >= 15 is 0 Å². The van der Waals surface area contributed by atoms with Crippen LogP contribution in [0.5, 0.6) is 0 Å². The lowest BCUT2D eigenvalue weighted by molar-refractivity contribution is -0.122. The number of aliphatic hydroxyl groups excluding tert-OH is 1. The smallest absolute Gasteiger partial charge is 0.220 e. The zero-order chi connectivity index (χ0) is 15.9. The Morgan fingerprint density at radius 2 is 1.95 bits per heavy atom. The Hall–Kier alpha value is -2.07. The van der Waals surface area contributed by atoms with Crippen molar-refractivity contribution in [2.75, 3.05) is 6.61 Å². The summed E-state index contributed by atoms with van der Waals surface area (Å²) in [5.74, 6) is 0.983. The Kier molecular flexibility index (Phi) is 5.78. The van der Waals surface area contributed by atoms with E-state index in [0.717, 1.165) is 5.56 Å². The highest BCUT2D eigenvalue weighted by molar-refractivity contribution is 5.76. The van der Waals surface area contributed by atoms with Crippen LogP contribution in [0.25, 0.3) is 0 Å². The van der Waals surface area contributed by atoms with Crippen molar-refractivity contribution >= 4 is 5.91 Å². The molecule has 118 valence electrons. The number of carbonyl (C=O) groups is 1. The predicted molar refractivity (Wildman–Crippen MR) is 85.5 cm³/mol. The number of aryl methyl sites for hydroxylation is 1. The summed E-state index contributed by atoms with van der Waals surface area (Å²) in [6.07, 6.45) is 2.60. The Balaban J connectivity index is 1.84. The zero-order valence-electron chi connectivity index (χ0n) is 13.1. The van der Waals surface area contributed by atoms with Crippen molar-refractivity contribution < 1.29 is 14.3 Å². The molecule has 0 aliphatic heterocycles. The van der Waals surface area contributed by atoms with E-state index in [9.17, 15) is 9.90 Å². The van der Waals surface area contributed by atoms with Gasteiger partial charge in [0, 0.05) is 6.42 Å². The highest BCUT2D eigenvalue weighted by Gasteiger charge is 2.15. The lowest BCUT2D eigenvalue weighted by Crippen LogP contribution is -2.30. The summed E-state index contributed by atoms with van der Waals surface area (Å²) in [6, 6.07) is 11.4. The van der Waals surface area contributed by atoms with Crippen LogP contribution in [0.4, 0.5) is 0 Å². The Labute approximate surface area is 131 Å². The minimum atomic E-state index is -0.481. The molecule has 0 bridgehead atoms. The number of hydrogen-bond donors (Lipinski definition) is 2. The molecule has 2 aromatic rings. The van der Waals surface area contributed by atoms with Crippen LogP contribution >= 0.6 is 0 Å². The molecule has 2 rings (SSSR count). The van der Waals surface area contributed by atoms with Gasteiger partial charge in [-0.3, -0.25) is 4.79 Å². The minimum Gasteiger partial charge on any atom is -0.467 e. The van der Waals surface area contributed by atoms with Crippen molar-refractivity contribution in [2.24, 2.45) is 0 Å². The first kappa shape index (κ1) is 16.3. The van der Waals surface area contributed by atoms with Crippen LogP contribution in [0.2, 0.25) is 0 Å². The molecule has 1 unspecified atom stereocenters. The van der Waals surface area contributed by atoms with Gasteiger partial charge in [0.2, 0.25) is 5.91 Å². The maximum Gasteiger partial charge on any atom is 0.220 e. The summed E-state index contributed by atoms with van der Waals surface area (Å²) in [6.45, 7) is 4.14. The van der Waals surface area contributed by atoms with Gasteiger partial charge in [-0.2, -0.15) is 0 Å². The normalized spacial score (nSPS) is 12.4. The largest absolute Gasteiger partial charge is 0.467 e. The van der Waals surface area contributed by atoms with Crippen LogP contribution in [0.1, 0.15) is 49.1 Å². The number of nitrogens with one attached hydrogen (secondary N) is 1. The number of aliphatic hydroxyl groups is 1. The summed E-state index contributed by atoms with van der Waals surface area (Å²) in [5.41, 5.74) is 2.43. The SMILES string of the molecule is CC(C)c1ccc(CCC(=O)NC(CO)c2ccco2)cc1. The Bertz CT molecular complexity index is 573. The molecule has 0 radical (unpaired) electrons. The molecule has 1 heterocycles. The van der Waals surface area contributed by atoms with E-state index in [0.29, 0.717) is 24.5 Å². The second kappa shape index (κ2) is 7.80. The number of hydrogen-bond acceptors (Lipinski definition) is 3. The third kappa shape index (κ3) is 4.46. The van der Waals surface area contributed by atoms with Crippen LogP contribution in [-0.4, -0.2) is 17.6 Å². The average Bonchev–Trinajstić information content (AvgIpc) is 3.05. The van der Waals surface area contributed by atoms with Crippen LogP contribution in [0.3, 0.4) is 0 Å². The zero-order valence-corrected chi connectivity index (χ0v) is 13.1. The summed E-state index contributed by atoms with van der Waals surface area (Å²) < 4.78 is 5.21. The molecule has 1 aromatic carbocycles. The van der Waals surface area contributed by atoms with Crippen LogP contribution in [-0.2, 0) is 11.2 Å². The van der Waals surface area contributed by atoms with Gasteiger partial charge in [0.1, 0.15) is 11.8 Å². The van der Waals surface area contributed by atoms with E-state index < -0.39 is 6.04 Å². The molecule has 1 atom stereocenters. The molecule has 2 N–H and O–H groups in total. The van der Waals surface area contributed by atoms with Gasteiger partial charge in [0.15, 0.2) is 0 Å². The van der Waals surface area contributed by atoms with Crippen molar-refractivity contribution in [3.63, 3.8) is 0 Å². The molecule has 0 fully saturated rings. The fraction of sp³-hybridized carbons (Fsp3) is 0.389. The third-order valence-corrected chi connectivity index (χ3v) is 3.69. The molecule has 4 heteroatoms. The lowest BCUT2D eigenvalue weighted by Gasteiger charge is -2.14. The fourth-order valence-electron chi connectivity index (χ4n) is 2.29. The van der Waals surface area contributed by atoms with E-state index in [-0.39, 0.29) is 12.5 Å². The van der Waals surface area contributed by atoms with E-state index in [4.69, 9.17) is 4.42 Å². The molecular formula is C18H23NO3. The summed E-state index contributed by atoms with van der Waals surface area (Å²) in [7, 11) is 0. The van der Waals surface area contributed by atoms with Crippen LogP contribution < -0.4 is 5.32 Å². The lowest BCUT2D eigenvalue weighted by atomic mass is 10.0. The van der Waals surface area contributed by atoms with Gasteiger partial charge in [0.25, 0.3) is 0 Å². The van der Waals surface area contributed by atoms with Crippen molar-refractivity contribution in [3.05, 3.63) is 59.5 Å². The molecule has 0 saturated heterocycles. The molecule has 0 saturated carbocycles. The molecule has 1 amide bonds. The first-order valence-corrected chi connectivity index (χ1v) is 7.62. The molecule has 0 spiro atoms. The van der Waals surface area contributed by atoms with Gasteiger partial charge >= 0.3 is 0 Å². The van der Waals surface area contributed by atoms with E-state index in [1.807, 2.05) is 0 Å². The van der Waals surface area contributed by atoms with Gasteiger partial charge in [-0.15, -0.1) is 0 Å². The van der Waals surface area contributed by atoms with E-state index in [1.54, 1.807) is 12.1 Å². The molecule has 1 aromatic heterocycles. The first-order chi connectivity index (χ1) is 10.6. The third-order valence-electron chi connectivity index (χ3n) is 3.69. The van der Waals surface area contributed by atoms with Crippen LogP contribution in [0, 0.1) is 0 Å². The van der Waals surface area contributed by atoms with E-state index in [2.05, 4.69) is 43.4 Å². The maximum atomic E-state index is 12.0. The van der Waals surface area contributed by atoms with Gasteiger partial charge < -0.3 is 14.8 Å².